The number of hydrogen-bond acceptors (Lipinski definition) is 9. The van der Waals surface area contributed by atoms with E-state index in [2.05, 4.69) is 81.4 Å². The first-order valence-corrected chi connectivity index (χ1v) is 20.7. The van der Waals surface area contributed by atoms with Crippen LogP contribution in [-0.4, -0.2) is 98.9 Å². The predicted molar refractivity (Wildman–Crippen MR) is 224 cm³/mol. The summed E-state index contributed by atoms with van der Waals surface area (Å²) < 4.78 is 15.8. The number of H-pyrrole nitrogens is 2. The highest BCUT2D eigenvalue weighted by molar-refractivity contribution is 5.91. The second-order valence-corrected chi connectivity index (χ2v) is 16.5. The number of carbonyl (C=O) groups is 4. The van der Waals surface area contributed by atoms with E-state index in [1.54, 1.807) is 6.20 Å². The molecule has 4 N–H and O–H groups in total. The number of methoxy groups -OCH3 is 2. The van der Waals surface area contributed by atoms with Crippen molar-refractivity contribution in [1.82, 2.24) is 40.6 Å². The quantitative estimate of drug-likeness (QED) is 0.107. The summed E-state index contributed by atoms with van der Waals surface area (Å²) in [6.45, 7) is 8.08. The first-order valence-electron chi connectivity index (χ1n) is 20.7. The minimum atomic E-state index is -0.697. The highest BCUT2D eigenvalue weighted by Crippen LogP contribution is 2.49. The van der Waals surface area contributed by atoms with Gasteiger partial charge in [-0.2, -0.15) is 0 Å². The van der Waals surface area contributed by atoms with E-state index in [1.165, 1.54) is 19.2 Å². The van der Waals surface area contributed by atoms with Crippen LogP contribution in [0.1, 0.15) is 77.0 Å². The molecule has 15 heteroatoms. The molecule has 3 aromatic carbocycles. The predicted octanol–water partition coefficient (Wildman–Crippen LogP) is 7.10. The number of nitrogens with one attached hydrogen (secondary N) is 4. The molecule has 3 fully saturated rings. The number of likely N-dealkylation sites (tertiary alicyclic amines) is 1. The van der Waals surface area contributed by atoms with E-state index in [0.29, 0.717) is 12.4 Å². The Morgan fingerprint density at radius 2 is 1.37 bits per heavy atom. The smallest absolute Gasteiger partial charge is 0.425 e. The zero-order valence-corrected chi connectivity index (χ0v) is 34.7. The van der Waals surface area contributed by atoms with E-state index in [0.717, 1.165) is 75.9 Å². The fourth-order valence-corrected chi connectivity index (χ4v) is 9.02. The molecule has 0 spiro atoms. The molecule has 3 unspecified atom stereocenters. The number of hydrazine groups is 1. The van der Waals surface area contributed by atoms with Crippen molar-refractivity contribution in [3.05, 3.63) is 84.7 Å². The van der Waals surface area contributed by atoms with E-state index < -0.39 is 24.1 Å². The molecule has 5 aromatic rings. The van der Waals surface area contributed by atoms with Gasteiger partial charge >= 0.3 is 12.2 Å². The second-order valence-electron chi connectivity index (χ2n) is 16.5. The van der Waals surface area contributed by atoms with Gasteiger partial charge in [0.2, 0.25) is 11.8 Å². The zero-order chi connectivity index (χ0) is 42.2. The maximum Gasteiger partial charge on any atom is 0.425 e. The fraction of sp³-hybridized carbons (Fsp3) is 0.422. The van der Waals surface area contributed by atoms with Crippen molar-refractivity contribution in [3.63, 3.8) is 0 Å². The van der Waals surface area contributed by atoms with E-state index in [4.69, 9.17) is 24.2 Å². The van der Waals surface area contributed by atoms with Gasteiger partial charge in [-0.1, -0.05) is 62.4 Å². The summed E-state index contributed by atoms with van der Waals surface area (Å²) in [7, 11) is 2.56. The third-order valence-electron chi connectivity index (χ3n) is 12.1. The number of nitrogens with zero attached hydrogens (tertiary/aromatic N) is 4. The van der Waals surface area contributed by atoms with Gasteiger partial charge in [0.25, 0.3) is 0 Å². The molecular formula is C45H52N8O7. The maximum atomic E-state index is 13.9. The Balaban J connectivity index is 0.954. The minimum absolute atomic E-state index is 0.108. The standard InChI is InChI=1S/C45H52N8O7/c1-24(2)39(50-44(56)58-5)43(55)52-19-7-8-34(52)40-46-23-33(48-40)31-16-15-29-20-28(13-14-30(29)21-31)26-9-11-27(12-10-26)32-22-47-41(49-32)37-35-17-18-36(60-35)38(37)42(54)53(25(3)4)51-45(57)59-6/h9-16,20-25,34-39H,7-8,17-19H2,1-6H3,(H,46,48)(H,47,49)(H,50,56)(H,51,57)/t34-,35?,36?,37?,38+,39-/m0/s1. The van der Waals surface area contributed by atoms with Crippen molar-refractivity contribution < 1.29 is 33.4 Å². The maximum absolute atomic E-state index is 13.9. The van der Waals surface area contributed by atoms with Gasteiger partial charge in [-0.05, 0) is 85.0 Å². The van der Waals surface area contributed by atoms with Crippen molar-refractivity contribution in [2.24, 2.45) is 11.8 Å². The number of imidazole rings is 2. The van der Waals surface area contributed by atoms with Crippen LogP contribution in [0.2, 0.25) is 0 Å². The number of rotatable bonds is 10. The van der Waals surface area contributed by atoms with Crippen LogP contribution in [0.3, 0.4) is 0 Å². The molecule has 3 saturated heterocycles. The van der Waals surface area contributed by atoms with Crippen LogP contribution in [0.25, 0.3) is 44.4 Å². The van der Waals surface area contributed by atoms with Crippen LogP contribution in [-0.2, 0) is 23.8 Å². The number of benzene rings is 3. The molecule has 3 aliphatic rings. The number of alkyl carbamates (subject to hydrolysis) is 1. The van der Waals surface area contributed by atoms with Crippen LogP contribution < -0.4 is 10.7 Å². The van der Waals surface area contributed by atoms with Crippen LogP contribution in [0.5, 0.6) is 0 Å². The van der Waals surface area contributed by atoms with Gasteiger partial charge in [0.05, 0.1) is 68.1 Å². The number of aromatic amines is 2. The Bertz CT molecular complexity index is 2390. The van der Waals surface area contributed by atoms with E-state index in [9.17, 15) is 19.2 Å². The van der Waals surface area contributed by atoms with Crippen LogP contribution in [0.4, 0.5) is 9.59 Å². The number of fused-ring (bicyclic) bond motifs is 3. The Morgan fingerprint density at radius 3 is 2.05 bits per heavy atom. The average molecular weight is 817 g/mol. The molecule has 4 amide bonds. The lowest BCUT2D eigenvalue weighted by atomic mass is 9.78. The van der Waals surface area contributed by atoms with Gasteiger partial charge in [-0.25, -0.2) is 30.0 Å². The molecule has 0 radical (unpaired) electrons. The number of aromatic nitrogens is 4. The minimum Gasteiger partial charge on any atom is -0.453 e. The van der Waals surface area contributed by atoms with Crippen molar-refractivity contribution in [3.8, 4) is 33.6 Å². The lowest BCUT2D eigenvalue weighted by molar-refractivity contribution is -0.142. The first-order chi connectivity index (χ1) is 28.9. The van der Waals surface area contributed by atoms with Crippen molar-refractivity contribution >= 4 is 34.8 Å². The molecular weight excluding hydrogens is 765 g/mol. The Kier molecular flexibility index (Phi) is 11.4. The number of carbonyl (C=O) groups excluding carboxylic acids is 4. The zero-order valence-electron chi connectivity index (χ0n) is 34.7. The molecule has 314 valence electrons. The monoisotopic (exact) mass is 816 g/mol. The molecule has 15 nitrogen and oxygen atoms in total. The summed E-state index contributed by atoms with van der Waals surface area (Å²) in [5.41, 5.74) is 8.39. The Hall–Kier alpha value is -6.22. The SMILES string of the molecule is COC(=O)N[C@H](C(=O)N1CCC[C@H]1c1ncc(-c2ccc3cc(-c4ccc(-c5cnc(C6C7CCC(O7)[C@H]6C(=O)N(NC(=O)OC)C(C)C)[nH]5)cc4)ccc3c2)[nH]1)C(C)C. The van der Waals surface area contributed by atoms with Gasteiger partial charge in [-0.15, -0.1) is 0 Å². The van der Waals surface area contributed by atoms with Gasteiger partial charge in [0.15, 0.2) is 0 Å². The van der Waals surface area contributed by atoms with E-state index >= 15 is 0 Å². The molecule has 5 heterocycles. The first kappa shape index (κ1) is 40.6. The molecule has 3 aliphatic heterocycles. The Labute approximate surface area is 348 Å². The summed E-state index contributed by atoms with van der Waals surface area (Å²) in [6.07, 6.45) is 5.16. The lowest BCUT2D eigenvalue weighted by Gasteiger charge is -2.33. The summed E-state index contributed by atoms with van der Waals surface area (Å²) in [5.74, 6) is 0.193. The number of amides is 4. The molecule has 2 bridgehead atoms. The molecule has 60 heavy (non-hydrogen) atoms. The molecule has 0 saturated carbocycles. The molecule has 6 atom stereocenters. The summed E-state index contributed by atoms with van der Waals surface area (Å²) in [4.78, 5) is 69.8. The molecule has 8 rings (SSSR count). The van der Waals surface area contributed by atoms with Crippen LogP contribution in [0, 0.1) is 11.8 Å². The lowest BCUT2D eigenvalue weighted by Crippen LogP contribution is -2.54. The Morgan fingerprint density at radius 1 is 0.767 bits per heavy atom. The van der Waals surface area contributed by atoms with Gasteiger partial charge in [0.1, 0.15) is 17.7 Å². The number of hydrogen-bond donors (Lipinski definition) is 4. The molecule has 2 aromatic heterocycles. The van der Waals surface area contributed by atoms with Gasteiger partial charge in [-0.3, -0.25) is 9.59 Å². The van der Waals surface area contributed by atoms with Gasteiger partial charge in [0, 0.05) is 18.2 Å². The molecule has 0 aliphatic carbocycles. The topological polar surface area (TPSA) is 184 Å². The van der Waals surface area contributed by atoms with Gasteiger partial charge < -0.3 is 34.4 Å². The normalized spacial score (nSPS) is 21.4. The third kappa shape index (κ3) is 7.81. The van der Waals surface area contributed by atoms with Crippen molar-refractivity contribution in [2.45, 2.75) is 89.6 Å². The average Bonchev–Trinajstić information content (AvgIpc) is 4.12. The summed E-state index contributed by atoms with van der Waals surface area (Å²) >= 11 is 0. The fourth-order valence-electron chi connectivity index (χ4n) is 9.02. The van der Waals surface area contributed by atoms with E-state index in [-0.39, 0.29) is 47.9 Å². The van der Waals surface area contributed by atoms with E-state index in [1.807, 2.05) is 38.8 Å². The largest absolute Gasteiger partial charge is 0.453 e. The van der Waals surface area contributed by atoms with Crippen molar-refractivity contribution in [1.29, 1.82) is 0 Å². The highest BCUT2D eigenvalue weighted by atomic mass is 16.5. The third-order valence-corrected chi connectivity index (χ3v) is 12.1. The number of ether oxygens (including phenoxy) is 3. The van der Waals surface area contributed by atoms with Crippen molar-refractivity contribution in [2.75, 3.05) is 20.8 Å². The summed E-state index contributed by atoms with van der Waals surface area (Å²) in [5, 5.41) is 6.22. The summed E-state index contributed by atoms with van der Waals surface area (Å²) in [6, 6.07) is 19.9. The second kappa shape index (κ2) is 16.8. The highest BCUT2D eigenvalue weighted by Gasteiger charge is 2.55. The van der Waals surface area contributed by atoms with Crippen LogP contribution in [0.15, 0.2) is 73.1 Å². The van der Waals surface area contributed by atoms with Crippen LogP contribution >= 0.6 is 0 Å².